The lowest BCUT2D eigenvalue weighted by atomic mass is 10.2. The molecule has 140 valence electrons. The zero-order chi connectivity index (χ0) is 19.5. The van der Waals surface area contributed by atoms with Crippen molar-refractivity contribution < 1.29 is 26.7 Å². The summed E-state index contributed by atoms with van der Waals surface area (Å²) in [4.78, 5) is 12.0. The van der Waals surface area contributed by atoms with Gasteiger partial charge in [0, 0.05) is 18.9 Å². The Balaban J connectivity index is 2.67. The number of hydrogen-bond donors (Lipinski definition) is 0. The highest BCUT2D eigenvalue weighted by atomic mass is 32.2. The Hall–Kier alpha value is -2.36. The number of alkyl halides is 3. The van der Waals surface area contributed by atoms with Gasteiger partial charge in [0.25, 0.3) is 0 Å². The Kier molecular flexibility index (Phi) is 6.06. The molecular formula is C16H14F5N3OS. The molecule has 1 heterocycles. The lowest BCUT2D eigenvalue weighted by Gasteiger charge is -2.20. The van der Waals surface area contributed by atoms with Gasteiger partial charge < -0.3 is 0 Å². The number of amides is 1. The monoisotopic (exact) mass is 391 g/mol. The maximum Gasteiger partial charge on any atom is 0.437 e. The highest BCUT2D eigenvalue weighted by molar-refractivity contribution is 7.99. The first kappa shape index (κ1) is 20.0. The second-order valence-electron chi connectivity index (χ2n) is 5.07. The Morgan fingerprint density at radius 1 is 1.31 bits per heavy atom. The van der Waals surface area contributed by atoms with Crippen LogP contribution >= 0.6 is 11.8 Å². The van der Waals surface area contributed by atoms with Crippen LogP contribution in [-0.4, -0.2) is 21.9 Å². The van der Waals surface area contributed by atoms with Gasteiger partial charge in [-0.25, -0.2) is 8.78 Å². The first-order valence-corrected chi connectivity index (χ1v) is 8.27. The first-order chi connectivity index (χ1) is 12.2. The summed E-state index contributed by atoms with van der Waals surface area (Å²) in [6, 6.07) is 2.24. The van der Waals surface area contributed by atoms with Gasteiger partial charge >= 0.3 is 6.18 Å². The van der Waals surface area contributed by atoms with Gasteiger partial charge in [0.15, 0.2) is 5.69 Å². The second-order valence-corrected chi connectivity index (χ2v) is 6.08. The highest BCUT2D eigenvalue weighted by Crippen LogP contribution is 2.44. The zero-order valence-corrected chi connectivity index (χ0v) is 14.5. The molecule has 0 N–H and O–H groups in total. The molecule has 0 bridgehead atoms. The Morgan fingerprint density at radius 2 is 2.00 bits per heavy atom. The molecule has 0 saturated heterocycles. The van der Waals surface area contributed by atoms with Crippen molar-refractivity contribution >= 4 is 29.5 Å². The van der Waals surface area contributed by atoms with Gasteiger partial charge in [0.05, 0.1) is 5.69 Å². The van der Waals surface area contributed by atoms with Crippen LogP contribution in [0.4, 0.5) is 33.3 Å². The van der Waals surface area contributed by atoms with Gasteiger partial charge in [-0.2, -0.15) is 18.3 Å². The summed E-state index contributed by atoms with van der Waals surface area (Å²) in [5, 5.41) is 3.47. The minimum atomic E-state index is -4.87. The maximum atomic E-state index is 14.1. The fourth-order valence-corrected chi connectivity index (χ4v) is 3.20. The number of aryl methyl sites for hydroxylation is 1. The molecule has 0 aliphatic rings. The molecule has 1 amide bonds. The number of thioether (sulfide) groups is 1. The van der Waals surface area contributed by atoms with Crippen LogP contribution in [0.25, 0.3) is 0 Å². The van der Waals surface area contributed by atoms with Gasteiger partial charge in [0.1, 0.15) is 22.3 Å². The number of allylic oxidation sites excluding steroid dienone is 1. The number of carbonyl (C=O) groups is 1. The van der Waals surface area contributed by atoms with Crippen LogP contribution in [0.5, 0.6) is 0 Å². The summed E-state index contributed by atoms with van der Waals surface area (Å²) < 4.78 is 68.4. The van der Waals surface area contributed by atoms with Crippen molar-refractivity contribution in [2.24, 2.45) is 7.05 Å². The Bertz CT molecular complexity index is 832. The third-order valence-corrected chi connectivity index (χ3v) is 4.40. The highest BCUT2D eigenvalue weighted by Gasteiger charge is 2.41. The summed E-state index contributed by atoms with van der Waals surface area (Å²) in [6.45, 7) is 1.75. The molecule has 0 aliphatic heterocycles. The molecule has 2 rings (SSSR count). The third kappa shape index (κ3) is 4.06. The molecule has 1 aromatic carbocycles. The van der Waals surface area contributed by atoms with Gasteiger partial charge in [-0.05, 0) is 19.1 Å². The van der Waals surface area contributed by atoms with Crippen molar-refractivity contribution in [2.45, 2.75) is 18.1 Å². The van der Waals surface area contributed by atoms with Crippen LogP contribution in [0.1, 0.15) is 12.6 Å². The van der Waals surface area contributed by atoms with Crippen molar-refractivity contribution in [2.75, 3.05) is 10.7 Å². The molecule has 0 saturated carbocycles. The van der Waals surface area contributed by atoms with E-state index < -0.39 is 34.9 Å². The van der Waals surface area contributed by atoms with E-state index in [1.807, 2.05) is 0 Å². The van der Waals surface area contributed by atoms with E-state index in [9.17, 15) is 26.7 Å². The number of halogens is 5. The fraction of sp³-hybridized carbons (Fsp3) is 0.250. The quantitative estimate of drug-likeness (QED) is 0.311. The van der Waals surface area contributed by atoms with Crippen LogP contribution in [0.15, 0.2) is 35.4 Å². The predicted molar refractivity (Wildman–Crippen MR) is 88.3 cm³/mol. The van der Waals surface area contributed by atoms with Crippen molar-refractivity contribution in [1.29, 1.82) is 0 Å². The SMILES string of the molecule is CC=CCSc1c(N(C=O)c2ccc(F)cc2F)c(C(F)(F)F)nn1C. The number of nitrogens with zero attached hydrogens (tertiary/aromatic N) is 3. The van der Waals surface area contributed by atoms with E-state index >= 15 is 0 Å². The van der Waals surface area contributed by atoms with Crippen LogP contribution < -0.4 is 4.90 Å². The van der Waals surface area contributed by atoms with Crippen molar-refractivity contribution in [3.05, 3.63) is 47.7 Å². The lowest BCUT2D eigenvalue weighted by Crippen LogP contribution is -2.20. The Morgan fingerprint density at radius 3 is 2.54 bits per heavy atom. The van der Waals surface area contributed by atoms with Gasteiger partial charge in [-0.15, -0.1) is 11.8 Å². The molecule has 2 aromatic rings. The van der Waals surface area contributed by atoms with Crippen LogP contribution in [-0.2, 0) is 18.0 Å². The van der Waals surface area contributed by atoms with Gasteiger partial charge in [0.2, 0.25) is 6.41 Å². The molecule has 26 heavy (non-hydrogen) atoms. The number of anilines is 2. The fourth-order valence-electron chi connectivity index (χ4n) is 2.20. The summed E-state index contributed by atoms with van der Waals surface area (Å²) in [6.07, 6.45) is -1.41. The van der Waals surface area contributed by atoms with Crippen LogP contribution in [0.3, 0.4) is 0 Å². The average Bonchev–Trinajstić information content (AvgIpc) is 2.88. The van der Waals surface area contributed by atoms with E-state index in [2.05, 4.69) is 5.10 Å². The van der Waals surface area contributed by atoms with E-state index in [4.69, 9.17) is 0 Å². The van der Waals surface area contributed by atoms with E-state index in [1.165, 1.54) is 7.05 Å². The van der Waals surface area contributed by atoms with Crippen LogP contribution in [0.2, 0.25) is 0 Å². The van der Waals surface area contributed by atoms with Gasteiger partial charge in [-0.3, -0.25) is 14.4 Å². The predicted octanol–water partition coefficient (Wildman–Crippen LogP) is 4.68. The van der Waals surface area contributed by atoms with E-state index in [-0.39, 0.29) is 11.4 Å². The summed E-state index contributed by atoms with van der Waals surface area (Å²) in [7, 11) is 1.29. The first-order valence-electron chi connectivity index (χ1n) is 7.28. The molecule has 0 unspecified atom stereocenters. The second kappa shape index (κ2) is 7.90. The Labute approximate surface area is 150 Å². The van der Waals surface area contributed by atoms with Crippen molar-refractivity contribution in [3.63, 3.8) is 0 Å². The standard InChI is InChI=1S/C16H14F5N3OS/c1-3-4-7-26-15-13(14(16(19,20)21)22-23(15)2)24(9-25)12-6-5-10(17)8-11(12)18/h3-6,8-9H,7H2,1-2H3. The third-order valence-electron chi connectivity index (χ3n) is 3.31. The molecule has 0 fully saturated rings. The summed E-state index contributed by atoms with van der Waals surface area (Å²) >= 11 is 0.999. The normalized spacial score (nSPS) is 12.0. The van der Waals surface area contributed by atoms with E-state index in [0.29, 0.717) is 16.7 Å². The smallest absolute Gasteiger partial charge is 0.278 e. The minimum Gasteiger partial charge on any atom is -0.278 e. The average molecular weight is 391 g/mol. The topological polar surface area (TPSA) is 38.1 Å². The zero-order valence-electron chi connectivity index (χ0n) is 13.7. The molecule has 0 atom stereocenters. The molecule has 0 radical (unpaired) electrons. The number of carbonyl (C=O) groups excluding carboxylic acids is 1. The van der Waals surface area contributed by atoms with E-state index in [1.54, 1.807) is 19.1 Å². The molecule has 1 aromatic heterocycles. The lowest BCUT2D eigenvalue weighted by molar-refractivity contribution is -0.140. The summed E-state index contributed by atoms with van der Waals surface area (Å²) in [5.74, 6) is -1.76. The number of aromatic nitrogens is 2. The number of benzene rings is 1. The molecule has 10 heteroatoms. The van der Waals surface area contributed by atoms with E-state index in [0.717, 1.165) is 28.6 Å². The van der Waals surface area contributed by atoms with Crippen molar-refractivity contribution in [3.8, 4) is 0 Å². The van der Waals surface area contributed by atoms with Crippen molar-refractivity contribution in [1.82, 2.24) is 9.78 Å². The molecule has 0 aliphatic carbocycles. The number of hydrogen-bond acceptors (Lipinski definition) is 3. The number of rotatable bonds is 6. The van der Waals surface area contributed by atoms with Crippen LogP contribution in [0, 0.1) is 11.6 Å². The summed E-state index contributed by atoms with van der Waals surface area (Å²) in [5.41, 5.74) is -2.44. The minimum absolute atomic E-state index is 0.0197. The molecule has 4 nitrogen and oxygen atoms in total. The maximum absolute atomic E-state index is 14.1. The largest absolute Gasteiger partial charge is 0.437 e. The molecular weight excluding hydrogens is 377 g/mol. The van der Waals surface area contributed by atoms with Gasteiger partial charge in [-0.1, -0.05) is 12.2 Å². The molecule has 0 spiro atoms.